The lowest BCUT2D eigenvalue weighted by atomic mass is 9.99. The minimum absolute atomic E-state index is 0.0643. The van der Waals surface area contributed by atoms with Crippen LogP contribution in [0.5, 0.6) is 11.6 Å². The average molecular weight is 493 g/mol. The molecule has 4 rings (SSSR count). The lowest BCUT2D eigenvalue weighted by Gasteiger charge is -2.39. The molecule has 2 aliphatic rings. The van der Waals surface area contributed by atoms with Crippen molar-refractivity contribution < 1.29 is 39.4 Å². The molecule has 3 heterocycles. The molecule has 2 aliphatic heterocycles. The fraction of sp³-hybridized carbons (Fsp3) is 0.640. The van der Waals surface area contributed by atoms with E-state index in [4.69, 9.17) is 18.9 Å². The maximum Gasteiger partial charge on any atom is 0.239 e. The van der Waals surface area contributed by atoms with Crippen molar-refractivity contribution in [2.24, 2.45) is 0 Å². The van der Waals surface area contributed by atoms with E-state index in [2.05, 4.69) is 5.10 Å². The summed E-state index contributed by atoms with van der Waals surface area (Å²) in [6.45, 7) is 6.75. The van der Waals surface area contributed by atoms with Crippen LogP contribution in [0.15, 0.2) is 24.3 Å². The molecule has 0 spiro atoms. The summed E-state index contributed by atoms with van der Waals surface area (Å²) in [5.41, 5.74) is 2.72. The summed E-state index contributed by atoms with van der Waals surface area (Å²) in [7, 11) is 0. The molecule has 0 aliphatic carbocycles. The Morgan fingerprint density at radius 3 is 2.49 bits per heavy atom. The van der Waals surface area contributed by atoms with Crippen LogP contribution in [-0.2, 0) is 15.9 Å². The Labute approximate surface area is 205 Å². The molecule has 35 heavy (non-hydrogen) atoms. The van der Waals surface area contributed by atoms with E-state index in [1.807, 2.05) is 49.7 Å². The van der Waals surface area contributed by atoms with Gasteiger partial charge in [-0.15, -0.1) is 5.10 Å². The molecule has 1 aromatic heterocycles. The number of aliphatic hydroxyl groups excluding tert-OH is 4. The van der Waals surface area contributed by atoms with Gasteiger partial charge < -0.3 is 39.4 Å². The van der Waals surface area contributed by atoms with E-state index >= 15 is 0 Å². The van der Waals surface area contributed by atoms with Crippen LogP contribution in [-0.4, -0.2) is 86.8 Å². The first-order valence-corrected chi connectivity index (χ1v) is 12.2. The van der Waals surface area contributed by atoms with Gasteiger partial charge in [0, 0.05) is 30.3 Å². The van der Waals surface area contributed by atoms with Crippen LogP contribution in [0.3, 0.4) is 0 Å². The lowest BCUT2D eigenvalue weighted by Crippen LogP contribution is -2.60. The second kappa shape index (κ2) is 11.2. The van der Waals surface area contributed by atoms with Gasteiger partial charge in [0.15, 0.2) is 0 Å². The third kappa shape index (κ3) is 5.79. The zero-order valence-electron chi connectivity index (χ0n) is 20.4. The van der Waals surface area contributed by atoms with Crippen molar-refractivity contribution in [3.05, 3.63) is 41.1 Å². The minimum Gasteiger partial charge on any atom is -0.491 e. The van der Waals surface area contributed by atoms with Crippen LogP contribution in [0, 0.1) is 6.92 Å². The van der Waals surface area contributed by atoms with Crippen molar-refractivity contribution in [2.45, 2.75) is 82.9 Å². The number of benzene rings is 1. The van der Waals surface area contributed by atoms with E-state index in [1.165, 1.54) is 0 Å². The highest BCUT2D eigenvalue weighted by Gasteiger charge is 2.45. The number of rotatable bonds is 9. The predicted octanol–water partition coefficient (Wildman–Crippen LogP) is 1.10. The summed E-state index contributed by atoms with van der Waals surface area (Å²) in [6.07, 6.45) is -4.08. The molecule has 0 radical (unpaired) electrons. The molecule has 0 bridgehead atoms. The Bertz CT molecular complexity index is 955. The second-order valence-corrected chi connectivity index (χ2v) is 9.49. The van der Waals surface area contributed by atoms with Crippen molar-refractivity contribution >= 4 is 0 Å². The molecular weight excluding hydrogens is 456 g/mol. The number of aromatic nitrogens is 2. The SMILES string of the molecule is Cc1c(Cc2ccc(OC[C@@H]3CCCO3)cc2)c(O[C@@H]2O[C@H](CO)[C@@H](O)[C@H](O)[C@H]2O)nn1C(C)C. The Kier molecular flexibility index (Phi) is 8.31. The highest BCUT2D eigenvalue weighted by molar-refractivity contribution is 5.38. The molecule has 0 unspecified atom stereocenters. The molecule has 1 aromatic carbocycles. The van der Waals surface area contributed by atoms with Gasteiger partial charge in [0.2, 0.25) is 12.2 Å². The summed E-state index contributed by atoms with van der Waals surface area (Å²) < 4.78 is 24.7. The van der Waals surface area contributed by atoms with E-state index < -0.39 is 37.3 Å². The first-order chi connectivity index (χ1) is 16.8. The topological polar surface area (TPSA) is 136 Å². The Morgan fingerprint density at radius 1 is 1.11 bits per heavy atom. The Balaban J connectivity index is 1.50. The number of ether oxygens (including phenoxy) is 4. The van der Waals surface area contributed by atoms with Crippen LogP contribution in [0.25, 0.3) is 0 Å². The zero-order chi connectivity index (χ0) is 25.1. The highest BCUT2D eigenvalue weighted by atomic mass is 16.7. The molecule has 0 amide bonds. The van der Waals surface area contributed by atoms with Gasteiger partial charge in [0.1, 0.15) is 36.8 Å². The number of aliphatic hydroxyl groups is 4. The minimum atomic E-state index is -1.52. The maximum absolute atomic E-state index is 10.4. The third-order valence-electron chi connectivity index (χ3n) is 6.57. The normalized spacial score (nSPS) is 29.0. The molecule has 10 nitrogen and oxygen atoms in total. The van der Waals surface area contributed by atoms with E-state index in [9.17, 15) is 20.4 Å². The molecule has 2 fully saturated rings. The van der Waals surface area contributed by atoms with Gasteiger partial charge in [0.05, 0.1) is 12.7 Å². The van der Waals surface area contributed by atoms with Crippen molar-refractivity contribution in [3.8, 4) is 11.6 Å². The monoisotopic (exact) mass is 492 g/mol. The van der Waals surface area contributed by atoms with E-state index in [0.717, 1.165) is 42.0 Å². The molecule has 0 saturated carbocycles. The van der Waals surface area contributed by atoms with Crippen molar-refractivity contribution in [3.63, 3.8) is 0 Å². The number of hydrogen-bond donors (Lipinski definition) is 4. The summed E-state index contributed by atoms with van der Waals surface area (Å²) in [5, 5.41) is 44.6. The highest BCUT2D eigenvalue weighted by Crippen LogP contribution is 2.31. The first-order valence-electron chi connectivity index (χ1n) is 12.2. The summed E-state index contributed by atoms with van der Waals surface area (Å²) >= 11 is 0. The quantitative estimate of drug-likeness (QED) is 0.406. The first kappa shape index (κ1) is 25.9. The molecule has 2 aromatic rings. The molecule has 10 heteroatoms. The fourth-order valence-corrected chi connectivity index (χ4v) is 4.47. The largest absolute Gasteiger partial charge is 0.491 e. The molecule has 4 N–H and O–H groups in total. The van der Waals surface area contributed by atoms with Crippen LogP contribution in [0.2, 0.25) is 0 Å². The number of nitrogens with zero attached hydrogens (tertiary/aromatic N) is 2. The second-order valence-electron chi connectivity index (χ2n) is 9.49. The average Bonchev–Trinajstić information content (AvgIpc) is 3.48. The van der Waals surface area contributed by atoms with Crippen molar-refractivity contribution in [2.75, 3.05) is 19.8 Å². The Hall–Kier alpha value is -2.21. The molecule has 2 saturated heterocycles. The van der Waals surface area contributed by atoms with Gasteiger partial charge in [-0.25, -0.2) is 0 Å². The van der Waals surface area contributed by atoms with E-state index in [-0.39, 0.29) is 18.0 Å². The maximum atomic E-state index is 10.4. The van der Waals surface area contributed by atoms with Gasteiger partial charge in [-0.05, 0) is 51.3 Å². The molecule has 194 valence electrons. The third-order valence-corrected chi connectivity index (χ3v) is 6.57. The smallest absolute Gasteiger partial charge is 0.239 e. The summed E-state index contributed by atoms with van der Waals surface area (Å²) in [6, 6.07) is 7.87. The van der Waals surface area contributed by atoms with Gasteiger partial charge in [-0.1, -0.05) is 12.1 Å². The standard InChI is InChI=1S/C25H36N2O8/c1-14(2)27-15(3)19(11-16-6-8-17(9-7-16)33-13-18-5-4-10-32-18)24(26-27)35-25-23(31)22(30)21(29)20(12-28)34-25/h6-9,14,18,20-23,25,28-31H,4-5,10-13H2,1-3H3/t18-,20+,21+,22-,23+,25-/m0/s1. The van der Waals surface area contributed by atoms with Crippen molar-refractivity contribution in [1.82, 2.24) is 9.78 Å². The van der Waals surface area contributed by atoms with Gasteiger partial charge >= 0.3 is 0 Å². The van der Waals surface area contributed by atoms with Gasteiger partial charge in [-0.2, -0.15) is 0 Å². The van der Waals surface area contributed by atoms with Crippen LogP contribution >= 0.6 is 0 Å². The molecular formula is C25H36N2O8. The van der Waals surface area contributed by atoms with E-state index in [0.29, 0.717) is 13.0 Å². The van der Waals surface area contributed by atoms with Gasteiger partial charge in [-0.3, -0.25) is 4.68 Å². The van der Waals surface area contributed by atoms with Gasteiger partial charge in [0.25, 0.3) is 0 Å². The van der Waals surface area contributed by atoms with E-state index in [1.54, 1.807) is 0 Å². The zero-order valence-corrected chi connectivity index (χ0v) is 20.4. The summed E-state index contributed by atoms with van der Waals surface area (Å²) in [4.78, 5) is 0. The predicted molar refractivity (Wildman–Crippen MR) is 125 cm³/mol. The van der Waals surface area contributed by atoms with Crippen LogP contribution in [0.1, 0.15) is 49.6 Å². The lowest BCUT2D eigenvalue weighted by molar-refractivity contribution is -0.278. The molecule has 6 atom stereocenters. The van der Waals surface area contributed by atoms with Crippen LogP contribution in [0.4, 0.5) is 0 Å². The van der Waals surface area contributed by atoms with Crippen molar-refractivity contribution in [1.29, 1.82) is 0 Å². The number of hydrogen-bond acceptors (Lipinski definition) is 9. The Morgan fingerprint density at radius 2 is 1.86 bits per heavy atom. The fourth-order valence-electron chi connectivity index (χ4n) is 4.47. The van der Waals surface area contributed by atoms with Crippen LogP contribution < -0.4 is 9.47 Å². The summed E-state index contributed by atoms with van der Waals surface area (Å²) in [5.74, 6) is 1.04.